The summed E-state index contributed by atoms with van der Waals surface area (Å²) < 4.78 is 5.87. The van der Waals surface area contributed by atoms with Crippen LogP contribution in [0.4, 0.5) is 0 Å². The van der Waals surface area contributed by atoms with Crippen molar-refractivity contribution in [3.05, 3.63) is 71.8 Å². The molecule has 0 aliphatic heterocycles. The Bertz CT molecular complexity index is 497. The van der Waals surface area contributed by atoms with Crippen molar-refractivity contribution in [2.75, 3.05) is 6.61 Å². The molecule has 0 radical (unpaired) electrons. The lowest BCUT2D eigenvalue weighted by molar-refractivity contribution is 0.0408. The fraction of sp³-hybridized carbons (Fsp3) is 0.368. The van der Waals surface area contributed by atoms with E-state index in [0.29, 0.717) is 6.61 Å². The third-order valence-electron chi connectivity index (χ3n) is 3.71. The molecular weight excluding hydrogens is 258 g/mol. The zero-order chi connectivity index (χ0) is 14.9. The van der Waals surface area contributed by atoms with Crippen molar-refractivity contribution in [1.29, 1.82) is 0 Å². The molecule has 2 heteroatoms. The number of rotatable bonds is 8. The van der Waals surface area contributed by atoms with Crippen LogP contribution in [-0.4, -0.2) is 12.6 Å². The van der Waals surface area contributed by atoms with Gasteiger partial charge in [-0.3, -0.25) is 0 Å². The van der Waals surface area contributed by atoms with Gasteiger partial charge in [0.15, 0.2) is 0 Å². The van der Waals surface area contributed by atoms with Crippen LogP contribution in [0.3, 0.4) is 0 Å². The van der Waals surface area contributed by atoms with E-state index in [1.807, 2.05) is 25.1 Å². The van der Waals surface area contributed by atoms with Crippen molar-refractivity contribution in [3.8, 4) is 0 Å². The van der Waals surface area contributed by atoms with Crippen molar-refractivity contribution < 1.29 is 4.74 Å². The quantitative estimate of drug-likeness (QED) is 0.791. The molecule has 2 N–H and O–H groups in total. The van der Waals surface area contributed by atoms with Gasteiger partial charge in [-0.25, -0.2) is 0 Å². The van der Waals surface area contributed by atoms with Crippen molar-refractivity contribution >= 4 is 0 Å². The average molecular weight is 283 g/mol. The molecule has 2 atom stereocenters. The van der Waals surface area contributed by atoms with Crippen molar-refractivity contribution in [2.24, 2.45) is 5.73 Å². The summed E-state index contributed by atoms with van der Waals surface area (Å²) in [5.74, 6) is 0. The molecule has 21 heavy (non-hydrogen) atoms. The molecule has 2 rings (SSSR count). The highest BCUT2D eigenvalue weighted by Gasteiger charge is 2.19. The maximum atomic E-state index is 6.38. The van der Waals surface area contributed by atoms with Gasteiger partial charge >= 0.3 is 0 Å². The third kappa shape index (κ3) is 5.00. The Labute approximate surface area is 127 Å². The first-order valence-corrected chi connectivity index (χ1v) is 7.77. The van der Waals surface area contributed by atoms with Gasteiger partial charge in [-0.15, -0.1) is 0 Å². The van der Waals surface area contributed by atoms with Crippen LogP contribution in [0.5, 0.6) is 0 Å². The van der Waals surface area contributed by atoms with Gasteiger partial charge in [-0.1, -0.05) is 60.7 Å². The average Bonchev–Trinajstić information content (AvgIpc) is 2.54. The van der Waals surface area contributed by atoms with Crippen LogP contribution < -0.4 is 5.73 Å². The maximum absolute atomic E-state index is 6.38. The van der Waals surface area contributed by atoms with Crippen LogP contribution in [0.2, 0.25) is 0 Å². The number of hydrogen-bond donors (Lipinski definition) is 1. The lowest BCUT2D eigenvalue weighted by atomic mass is 9.97. The Morgan fingerprint density at radius 2 is 1.57 bits per heavy atom. The zero-order valence-electron chi connectivity index (χ0n) is 12.7. The summed E-state index contributed by atoms with van der Waals surface area (Å²) in [5, 5.41) is 0. The summed E-state index contributed by atoms with van der Waals surface area (Å²) in [6, 6.07) is 20.9. The van der Waals surface area contributed by atoms with Gasteiger partial charge in [0.1, 0.15) is 0 Å². The fourth-order valence-corrected chi connectivity index (χ4v) is 2.63. The number of aryl methyl sites for hydroxylation is 1. The molecule has 2 nitrogen and oxygen atoms in total. The molecule has 0 spiro atoms. The highest BCUT2D eigenvalue weighted by molar-refractivity contribution is 5.19. The van der Waals surface area contributed by atoms with Gasteiger partial charge in [0.05, 0.1) is 6.10 Å². The number of hydrogen-bond acceptors (Lipinski definition) is 2. The van der Waals surface area contributed by atoms with E-state index in [9.17, 15) is 0 Å². The van der Waals surface area contributed by atoms with E-state index in [1.54, 1.807) is 0 Å². The van der Waals surface area contributed by atoms with E-state index in [0.717, 1.165) is 19.3 Å². The molecule has 0 aromatic heterocycles. The second-order valence-corrected chi connectivity index (χ2v) is 5.33. The lowest BCUT2D eigenvalue weighted by Gasteiger charge is -2.24. The van der Waals surface area contributed by atoms with Crippen LogP contribution in [-0.2, 0) is 11.2 Å². The van der Waals surface area contributed by atoms with Gasteiger partial charge in [-0.05, 0) is 37.3 Å². The topological polar surface area (TPSA) is 35.2 Å². The van der Waals surface area contributed by atoms with Crippen molar-refractivity contribution in [2.45, 2.75) is 38.3 Å². The van der Waals surface area contributed by atoms with Crippen LogP contribution in [0.25, 0.3) is 0 Å². The monoisotopic (exact) mass is 283 g/mol. The van der Waals surface area contributed by atoms with E-state index in [2.05, 4.69) is 42.5 Å². The van der Waals surface area contributed by atoms with Crippen molar-refractivity contribution in [3.63, 3.8) is 0 Å². The Kier molecular flexibility index (Phi) is 6.45. The minimum atomic E-state index is -0.00743. The molecule has 0 saturated heterocycles. The molecule has 0 amide bonds. The standard InChI is InChI=1S/C19H25NO/c1-2-21-19(17-13-7-4-8-14-17)18(20)15-9-12-16-10-5-3-6-11-16/h3-8,10-11,13-14,18-19H,2,9,12,15,20H2,1H3. The second-order valence-electron chi connectivity index (χ2n) is 5.33. The zero-order valence-corrected chi connectivity index (χ0v) is 12.7. The molecule has 112 valence electrons. The van der Waals surface area contributed by atoms with Gasteiger partial charge < -0.3 is 10.5 Å². The Morgan fingerprint density at radius 3 is 2.19 bits per heavy atom. The summed E-state index contributed by atoms with van der Waals surface area (Å²) in [7, 11) is 0. The maximum Gasteiger partial charge on any atom is 0.0975 e. The van der Waals surface area contributed by atoms with Crippen LogP contribution in [0.1, 0.15) is 37.0 Å². The Morgan fingerprint density at radius 1 is 0.952 bits per heavy atom. The Hall–Kier alpha value is -1.64. The van der Waals surface area contributed by atoms with E-state index in [1.165, 1.54) is 11.1 Å². The molecule has 2 aromatic rings. The van der Waals surface area contributed by atoms with Gasteiger partial charge in [-0.2, -0.15) is 0 Å². The first-order chi connectivity index (χ1) is 10.3. The van der Waals surface area contributed by atoms with Gasteiger partial charge in [0, 0.05) is 12.6 Å². The first-order valence-electron chi connectivity index (χ1n) is 7.77. The molecule has 2 unspecified atom stereocenters. The second kappa shape index (κ2) is 8.60. The SMILES string of the molecule is CCOC(c1ccccc1)C(N)CCCc1ccccc1. The van der Waals surface area contributed by atoms with E-state index in [-0.39, 0.29) is 12.1 Å². The van der Waals surface area contributed by atoms with E-state index < -0.39 is 0 Å². The summed E-state index contributed by atoms with van der Waals surface area (Å²) in [4.78, 5) is 0. The lowest BCUT2D eigenvalue weighted by Crippen LogP contribution is -2.30. The van der Waals surface area contributed by atoms with Crippen LogP contribution in [0, 0.1) is 0 Å². The smallest absolute Gasteiger partial charge is 0.0975 e. The predicted octanol–water partition coefficient (Wildman–Crippen LogP) is 4.11. The molecule has 0 fully saturated rings. The predicted molar refractivity (Wildman–Crippen MR) is 88.2 cm³/mol. The normalized spacial score (nSPS) is 13.8. The van der Waals surface area contributed by atoms with Crippen LogP contribution >= 0.6 is 0 Å². The van der Waals surface area contributed by atoms with Gasteiger partial charge in [0.2, 0.25) is 0 Å². The van der Waals surface area contributed by atoms with Gasteiger partial charge in [0.25, 0.3) is 0 Å². The fourth-order valence-electron chi connectivity index (χ4n) is 2.63. The molecular formula is C19H25NO. The minimum absolute atomic E-state index is 0.00743. The third-order valence-corrected chi connectivity index (χ3v) is 3.71. The highest BCUT2D eigenvalue weighted by atomic mass is 16.5. The first kappa shape index (κ1) is 15.7. The molecule has 0 bridgehead atoms. The van der Waals surface area contributed by atoms with E-state index in [4.69, 9.17) is 10.5 Å². The minimum Gasteiger partial charge on any atom is -0.372 e. The highest BCUT2D eigenvalue weighted by Crippen LogP contribution is 2.23. The molecule has 0 aliphatic carbocycles. The van der Waals surface area contributed by atoms with Crippen molar-refractivity contribution in [1.82, 2.24) is 0 Å². The summed E-state index contributed by atoms with van der Waals surface area (Å²) in [6.45, 7) is 2.71. The van der Waals surface area contributed by atoms with Crippen LogP contribution in [0.15, 0.2) is 60.7 Å². The largest absolute Gasteiger partial charge is 0.372 e. The summed E-state index contributed by atoms with van der Waals surface area (Å²) >= 11 is 0. The molecule has 0 saturated carbocycles. The summed E-state index contributed by atoms with van der Waals surface area (Å²) in [5.41, 5.74) is 8.92. The molecule has 0 heterocycles. The number of ether oxygens (including phenoxy) is 1. The van der Waals surface area contributed by atoms with E-state index >= 15 is 0 Å². The molecule has 0 aliphatic rings. The summed E-state index contributed by atoms with van der Waals surface area (Å²) in [6.07, 6.45) is 3.12. The Balaban J connectivity index is 1.88. The number of benzene rings is 2. The number of nitrogens with two attached hydrogens (primary N) is 1. The molecule has 2 aromatic carbocycles.